The van der Waals surface area contributed by atoms with Crippen molar-refractivity contribution in [3.05, 3.63) is 89.3 Å². The molecule has 4 atom stereocenters. The van der Waals surface area contributed by atoms with E-state index in [0.717, 1.165) is 31.2 Å². The molecule has 1 aliphatic carbocycles. The average Bonchev–Trinajstić information content (AvgIpc) is 2.85. The lowest BCUT2D eigenvalue weighted by Gasteiger charge is -2.27. The maximum absolute atomic E-state index is 14.9. The summed E-state index contributed by atoms with van der Waals surface area (Å²) in [5.74, 6) is 0.236. The zero-order valence-corrected chi connectivity index (χ0v) is 19.9. The van der Waals surface area contributed by atoms with Gasteiger partial charge < -0.3 is 4.74 Å². The Kier molecular flexibility index (Phi) is 8.10. The van der Waals surface area contributed by atoms with Crippen LogP contribution in [-0.4, -0.2) is 19.0 Å². The van der Waals surface area contributed by atoms with Crippen molar-refractivity contribution < 1.29 is 17.9 Å². The van der Waals surface area contributed by atoms with E-state index in [2.05, 4.69) is 13.8 Å². The van der Waals surface area contributed by atoms with E-state index in [-0.39, 0.29) is 11.9 Å². The van der Waals surface area contributed by atoms with Crippen LogP contribution < -0.4 is 0 Å². The third-order valence-electron chi connectivity index (χ3n) is 6.76. The first-order chi connectivity index (χ1) is 16.5. The number of hydrogen-bond acceptors (Lipinski definition) is 1. The Morgan fingerprint density at radius 1 is 0.941 bits per heavy atom. The second kappa shape index (κ2) is 11.2. The van der Waals surface area contributed by atoms with Crippen molar-refractivity contribution >= 4 is 5.57 Å². The average molecular weight is 467 g/mol. The van der Waals surface area contributed by atoms with Crippen molar-refractivity contribution in [3.8, 4) is 11.1 Å². The molecular formula is C30H33F3O. The van der Waals surface area contributed by atoms with Crippen LogP contribution in [0, 0.1) is 11.7 Å². The predicted molar refractivity (Wildman–Crippen MR) is 133 cm³/mol. The molecule has 2 aromatic rings. The van der Waals surface area contributed by atoms with Gasteiger partial charge in [0.25, 0.3) is 0 Å². The van der Waals surface area contributed by atoms with Gasteiger partial charge in [-0.2, -0.15) is 0 Å². The van der Waals surface area contributed by atoms with Crippen LogP contribution in [0.4, 0.5) is 13.2 Å². The van der Waals surface area contributed by atoms with E-state index in [1.54, 1.807) is 48.6 Å². The van der Waals surface area contributed by atoms with Crippen molar-refractivity contribution in [1.29, 1.82) is 0 Å². The summed E-state index contributed by atoms with van der Waals surface area (Å²) in [6.07, 6.45) is 8.21. The van der Waals surface area contributed by atoms with E-state index < -0.39 is 12.3 Å². The molecule has 1 heterocycles. The van der Waals surface area contributed by atoms with Crippen LogP contribution in [0.2, 0.25) is 0 Å². The number of hydrogen-bond donors (Lipinski definition) is 0. The standard InChI is InChI=1S/C30H33F3O/c1-3-4-5-6-7-23-13-16-26(30(33)29(23)32)22-11-9-21(10-12-22)25-15-14-24(18-27(25)31)28-17-8-20(2)19-34-28/h5-6,9-16,18,20,28-30H,3-4,7-8,17,19H2,1-2H3/b6-5-. The van der Waals surface area contributed by atoms with Crippen LogP contribution in [0.3, 0.4) is 0 Å². The summed E-state index contributed by atoms with van der Waals surface area (Å²) < 4.78 is 50.4. The van der Waals surface area contributed by atoms with Crippen molar-refractivity contribution in [1.82, 2.24) is 0 Å². The highest BCUT2D eigenvalue weighted by atomic mass is 19.2. The van der Waals surface area contributed by atoms with Crippen molar-refractivity contribution in [3.63, 3.8) is 0 Å². The van der Waals surface area contributed by atoms with Crippen LogP contribution >= 0.6 is 0 Å². The van der Waals surface area contributed by atoms with Gasteiger partial charge in [0.2, 0.25) is 0 Å². The van der Waals surface area contributed by atoms with E-state index in [0.29, 0.717) is 46.8 Å². The molecule has 2 aromatic carbocycles. The van der Waals surface area contributed by atoms with Crippen LogP contribution in [0.25, 0.3) is 16.7 Å². The molecule has 1 nitrogen and oxygen atoms in total. The molecule has 0 bridgehead atoms. The molecule has 180 valence electrons. The maximum Gasteiger partial charge on any atom is 0.161 e. The normalized spacial score (nSPS) is 25.3. The van der Waals surface area contributed by atoms with Crippen molar-refractivity contribution in [2.45, 2.75) is 64.4 Å². The van der Waals surface area contributed by atoms with Gasteiger partial charge in [0.15, 0.2) is 12.3 Å². The Bertz CT molecular complexity index is 1060. The van der Waals surface area contributed by atoms with Gasteiger partial charge in [-0.15, -0.1) is 0 Å². The van der Waals surface area contributed by atoms with Crippen LogP contribution in [0.15, 0.2) is 72.3 Å². The Labute approximate surface area is 201 Å². The fourth-order valence-corrected chi connectivity index (χ4v) is 4.62. The topological polar surface area (TPSA) is 9.23 Å². The van der Waals surface area contributed by atoms with Gasteiger partial charge in [-0.05, 0) is 65.5 Å². The molecule has 0 N–H and O–H groups in total. The molecule has 4 heteroatoms. The molecule has 1 aliphatic heterocycles. The molecule has 1 fully saturated rings. The maximum atomic E-state index is 14.9. The number of halogens is 3. The highest BCUT2D eigenvalue weighted by Crippen LogP contribution is 2.36. The van der Waals surface area contributed by atoms with Crippen LogP contribution in [0.1, 0.15) is 63.2 Å². The largest absolute Gasteiger partial charge is 0.373 e. The van der Waals surface area contributed by atoms with Gasteiger partial charge in [-0.25, -0.2) is 13.2 Å². The molecular weight excluding hydrogens is 433 g/mol. The first-order valence-electron chi connectivity index (χ1n) is 12.3. The Morgan fingerprint density at radius 3 is 2.38 bits per heavy atom. The lowest BCUT2D eigenvalue weighted by atomic mass is 9.88. The Morgan fingerprint density at radius 2 is 1.71 bits per heavy atom. The number of ether oxygens (including phenoxy) is 1. The summed E-state index contributed by atoms with van der Waals surface area (Å²) in [5, 5.41) is 0. The SMILES string of the molecule is CCC/C=C\CC1=CC=C(c2ccc(-c3ccc(C4CCC(C)CO4)cc3F)cc2)C(F)C1F. The van der Waals surface area contributed by atoms with E-state index in [1.807, 2.05) is 18.2 Å². The van der Waals surface area contributed by atoms with E-state index in [4.69, 9.17) is 4.74 Å². The first-order valence-corrected chi connectivity index (χ1v) is 12.3. The molecule has 0 saturated carbocycles. The van der Waals surface area contributed by atoms with Gasteiger partial charge in [0.1, 0.15) is 5.82 Å². The predicted octanol–water partition coefficient (Wildman–Crippen LogP) is 8.73. The lowest BCUT2D eigenvalue weighted by molar-refractivity contribution is -0.0125. The summed E-state index contributed by atoms with van der Waals surface area (Å²) in [6, 6.07) is 12.2. The summed E-state index contributed by atoms with van der Waals surface area (Å²) in [7, 11) is 0. The van der Waals surface area contributed by atoms with Gasteiger partial charge >= 0.3 is 0 Å². The molecule has 34 heavy (non-hydrogen) atoms. The van der Waals surface area contributed by atoms with Crippen LogP contribution in [0.5, 0.6) is 0 Å². The Hall–Kier alpha value is -2.59. The van der Waals surface area contributed by atoms with E-state index >= 15 is 0 Å². The number of alkyl halides is 2. The minimum atomic E-state index is -1.71. The number of benzene rings is 2. The minimum Gasteiger partial charge on any atom is -0.373 e. The summed E-state index contributed by atoms with van der Waals surface area (Å²) in [6.45, 7) is 4.94. The highest BCUT2D eigenvalue weighted by molar-refractivity contribution is 5.75. The zero-order chi connectivity index (χ0) is 24.1. The van der Waals surface area contributed by atoms with E-state index in [1.165, 1.54) is 0 Å². The molecule has 4 unspecified atom stereocenters. The third-order valence-corrected chi connectivity index (χ3v) is 6.76. The number of allylic oxidation sites excluding steroid dienone is 6. The van der Waals surface area contributed by atoms with Crippen molar-refractivity contribution in [2.24, 2.45) is 5.92 Å². The molecule has 0 spiro atoms. The smallest absolute Gasteiger partial charge is 0.161 e. The monoisotopic (exact) mass is 466 g/mol. The molecule has 2 aliphatic rings. The van der Waals surface area contributed by atoms with Crippen LogP contribution in [-0.2, 0) is 4.74 Å². The third kappa shape index (κ3) is 5.55. The second-order valence-corrected chi connectivity index (χ2v) is 9.45. The molecule has 0 aromatic heterocycles. The molecule has 0 amide bonds. The quantitative estimate of drug-likeness (QED) is 0.371. The van der Waals surface area contributed by atoms with Gasteiger partial charge in [0.05, 0.1) is 6.10 Å². The fraction of sp³-hybridized carbons (Fsp3) is 0.400. The van der Waals surface area contributed by atoms with Gasteiger partial charge in [-0.3, -0.25) is 0 Å². The van der Waals surface area contributed by atoms with Crippen molar-refractivity contribution in [2.75, 3.05) is 6.61 Å². The highest BCUT2D eigenvalue weighted by Gasteiger charge is 2.30. The lowest BCUT2D eigenvalue weighted by Crippen LogP contribution is -2.23. The molecule has 4 rings (SSSR count). The number of rotatable bonds is 7. The first kappa shape index (κ1) is 24.5. The fourth-order valence-electron chi connectivity index (χ4n) is 4.62. The van der Waals surface area contributed by atoms with Gasteiger partial charge in [-0.1, -0.05) is 81.0 Å². The summed E-state index contributed by atoms with van der Waals surface area (Å²) in [4.78, 5) is 0. The second-order valence-electron chi connectivity index (χ2n) is 9.45. The molecule has 1 saturated heterocycles. The zero-order valence-electron chi connectivity index (χ0n) is 19.9. The summed E-state index contributed by atoms with van der Waals surface area (Å²) >= 11 is 0. The number of unbranched alkanes of at least 4 members (excludes halogenated alkanes) is 1. The van der Waals surface area contributed by atoms with E-state index in [9.17, 15) is 13.2 Å². The Balaban J connectivity index is 1.49. The van der Waals surface area contributed by atoms with Gasteiger partial charge in [0, 0.05) is 12.2 Å². The molecule has 0 radical (unpaired) electrons. The summed E-state index contributed by atoms with van der Waals surface area (Å²) in [5.41, 5.74) is 3.43. The minimum absolute atomic E-state index is 0.0596.